The summed E-state index contributed by atoms with van der Waals surface area (Å²) in [6.45, 7) is 7.47. The first kappa shape index (κ1) is 18.5. The quantitative estimate of drug-likeness (QED) is 0.488. The Morgan fingerprint density at radius 3 is 2.86 bits per heavy atom. The van der Waals surface area contributed by atoms with Crippen LogP contribution >= 0.6 is 11.3 Å². The highest BCUT2D eigenvalue weighted by Gasteiger charge is 2.41. The fourth-order valence-electron chi connectivity index (χ4n) is 3.72. The molecule has 144 valence electrons. The molecule has 0 saturated carbocycles. The fourth-order valence-corrected chi connectivity index (χ4v) is 4.46. The topological polar surface area (TPSA) is 73.0 Å². The number of ether oxygens (including phenoxy) is 1. The summed E-state index contributed by atoms with van der Waals surface area (Å²) in [5.74, 6) is 0.559. The van der Waals surface area contributed by atoms with Crippen LogP contribution in [0.15, 0.2) is 45.6 Å². The van der Waals surface area contributed by atoms with Crippen molar-refractivity contribution in [3.05, 3.63) is 57.5 Å². The Balaban J connectivity index is 1.76. The van der Waals surface area contributed by atoms with Crippen LogP contribution in [0.5, 0.6) is 0 Å². The molecule has 1 atom stereocenters. The van der Waals surface area contributed by atoms with Crippen molar-refractivity contribution in [2.45, 2.75) is 27.3 Å². The van der Waals surface area contributed by atoms with Gasteiger partial charge in [-0.1, -0.05) is 0 Å². The van der Waals surface area contributed by atoms with E-state index >= 15 is 0 Å². The fraction of sp³-hybridized carbons (Fsp3) is 0.300. The van der Waals surface area contributed by atoms with Crippen LogP contribution in [-0.2, 0) is 11.3 Å². The molecular weight excluding hydrogens is 376 g/mol. The number of nitrogens with zero attached hydrogens (tertiary/aromatic N) is 4. The summed E-state index contributed by atoms with van der Waals surface area (Å²) < 4.78 is 7.13. The number of hydrogen-bond donors (Lipinski definition) is 0. The molecule has 3 heterocycles. The largest absolute Gasteiger partial charge is 0.462 e. The van der Waals surface area contributed by atoms with Crippen LogP contribution in [0.1, 0.15) is 36.8 Å². The molecule has 8 heteroatoms. The SMILES string of the molecule is CCOC(=O)c1ccc2c(c1)N=C(C)[N+]2(CC)Cc1cc(=O)n2ccsc2n1. The van der Waals surface area contributed by atoms with Gasteiger partial charge in [0, 0.05) is 30.6 Å². The molecule has 28 heavy (non-hydrogen) atoms. The number of benzene rings is 1. The van der Waals surface area contributed by atoms with E-state index in [1.54, 1.807) is 35.7 Å². The van der Waals surface area contributed by atoms with Gasteiger partial charge in [0.15, 0.2) is 10.6 Å². The van der Waals surface area contributed by atoms with Gasteiger partial charge >= 0.3 is 5.97 Å². The van der Waals surface area contributed by atoms with Crippen molar-refractivity contribution < 1.29 is 9.53 Å². The number of thiazole rings is 1. The Morgan fingerprint density at radius 2 is 2.11 bits per heavy atom. The zero-order chi connectivity index (χ0) is 19.9. The van der Waals surface area contributed by atoms with Gasteiger partial charge in [0.25, 0.3) is 5.56 Å². The van der Waals surface area contributed by atoms with Crippen LogP contribution in [-0.4, -0.2) is 34.3 Å². The zero-order valence-corrected chi connectivity index (χ0v) is 16.8. The number of quaternary nitrogens is 1. The molecule has 0 aliphatic carbocycles. The van der Waals surface area contributed by atoms with Crippen LogP contribution in [0.2, 0.25) is 0 Å². The number of carbonyl (C=O) groups is 1. The number of aromatic nitrogens is 2. The van der Waals surface area contributed by atoms with Crippen molar-refractivity contribution in [1.82, 2.24) is 13.9 Å². The molecule has 2 aromatic heterocycles. The van der Waals surface area contributed by atoms with E-state index in [4.69, 9.17) is 9.73 Å². The Labute approximate surface area is 166 Å². The molecule has 1 aliphatic rings. The summed E-state index contributed by atoms with van der Waals surface area (Å²) in [7, 11) is 0. The summed E-state index contributed by atoms with van der Waals surface area (Å²) in [6, 6.07) is 7.07. The number of fused-ring (bicyclic) bond motifs is 2. The Hall–Kier alpha value is -2.84. The third-order valence-electron chi connectivity index (χ3n) is 5.18. The van der Waals surface area contributed by atoms with Crippen LogP contribution in [0.3, 0.4) is 0 Å². The first-order valence-electron chi connectivity index (χ1n) is 9.19. The number of rotatable bonds is 5. The lowest BCUT2D eigenvalue weighted by molar-refractivity contribution is 0.0526. The first-order chi connectivity index (χ1) is 13.5. The highest BCUT2D eigenvalue weighted by Crippen LogP contribution is 2.42. The van der Waals surface area contributed by atoms with Gasteiger partial charge in [-0.25, -0.2) is 14.3 Å². The van der Waals surface area contributed by atoms with E-state index in [2.05, 4.69) is 11.9 Å². The highest BCUT2D eigenvalue weighted by atomic mass is 32.1. The normalized spacial score (nSPS) is 18.2. The van der Waals surface area contributed by atoms with Crippen LogP contribution in [0.25, 0.3) is 4.96 Å². The van der Waals surface area contributed by atoms with Crippen molar-refractivity contribution in [3.8, 4) is 0 Å². The van der Waals surface area contributed by atoms with Gasteiger partial charge < -0.3 is 4.74 Å². The van der Waals surface area contributed by atoms with E-state index in [-0.39, 0.29) is 11.5 Å². The molecule has 1 aromatic carbocycles. The molecule has 0 amide bonds. The van der Waals surface area contributed by atoms with E-state index in [9.17, 15) is 9.59 Å². The molecule has 0 bridgehead atoms. The predicted octanol–water partition coefficient (Wildman–Crippen LogP) is 3.52. The average Bonchev–Trinajstić information content (AvgIpc) is 3.25. The lowest BCUT2D eigenvalue weighted by atomic mass is 10.1. The van der Waals surface area contributed by atoms with Gasteiger partial charge in [-0.05, 0) is 26.0 Å². The standard InChI is InChI=1S/C20H21N4O3S/c1-4-24(12-15-11-18(25)23-8-9-28-20(23)22-15)13(3)21-16-10-14(6-7-17(16)24)19(26)27-5-2/h6-11H,4-5,12H2,1-3H3/q+1. The van der Waals surface area contributed by atoms with Gasteiger partial charge in [-0.15, -0.1) is 11.3 Å². The van der Waals surface area contributed by atoms with Crippen molar-refractivity contribution in [2.75, 3.05) is 13.2 Å². The summed E-state index contributed by atoms with van der Waals surface area (Å²) in [5.41, 5.74) is 2.90. The van der Waals surface area contributed by atoms with Crippen molar-refractivity contribution >= 4 is 39.5 Å². The zero-order valence-electron chi connectivity index (χ0n) is 16.0. The molecule has 3 aromatic rings. The van der Waals surface area contributed by atoms with Gasteiger partial charge in [0.05, 0.1) is 18.7 Å². The van der Waals surface area contributed by atoms with E-state index in [1.165, 1.54) is 11.3 Å². The molecule has 0 N–H and O–H groups in total. The number of esters is 1. The van der Waals surface area contributed by atoms with E-state index in [1.807, 2.05) is 18.4 Å². The van der Waals surface area contributed by atoms with Crippen molar-refractivity contribution in [2.24, 2.45) is 4.99 Å². The summed E-state index contributed by atoms with van der Waals surface area (Å²) in [6.07, 6.45) is 1.73. The average molecular weight is 397 g/mol. The molecule has 0 fully saturated rings. The summed E-state index contributed by atoms with van der Waals surface area (Å²) >= 11 is 1.44. The molecule has 1 aliphatic heterocycles. The monoisotopic (exact) mass is 397 g/mol. The van der Waals surface area contributed by atoms with Crippen molar-refractivity contribution in [3.63, 3.8) is 0 Å². The molecule has 0 radical (unpaired) electrons. The summed E-state index contributed by atoms with van der Waals surface area (Å²) in [4.78, 5) is 34.5. The Bertz CT molecular complexity index is 1160. The van der Waals surface area contributed by atoms with Crippen molar-refractivity contribution in [1.29, 1.82) is 0 Å². The molecule has 1 unspecified atom stereocenters. The molecule has 7 nitrogen and oxygen atoms in total. The third-order valence-corrected chi connectivity index (χ3v) is 5.93. The van der Waals surface area contributed by atoms with Gasteiger partial charge in [0.2, 0.25) is 5.84 Å². The van der Waals surface area contributed by atoms with Gasteiger partial charge in [-0.3, -0.25) is 9.20 Å². The van der Waals surface area contributed by atoms with E-state index in [0.717, 1.165) is 29.4 Å². The number of amidine groups is 1. The Morgan fingerprint density at radius 1 is 1.29 bits per heavy atom. The number of hydrogen-bond acceptors (Lipinski definition) is 6. The van der Waals surface area contributed by atoms with Crippen LogP contribution in [0.4, 0.5) is 11.4 Å². The van der Waals surface area contributed by atoms with E-state index in [0.29, 0.717) is 28.2 Å². The lowest BCUT2D eigenvalue weighted by Crippen LogP contribution is -2.50. The molecule has 0 spiro atoms. The maximum Gasteiger partial charge on any atom is 0.338 e. The lowest BCUT2D eigenvalue weighted by Gasteiger charge is -2.32. The second kappa shape index (κ2) is 6.96. The predicted molar refractivity (Wildman–Crippen MR) is 111 cm³/mol. The second-order valence-electron chi connectivity index (χ2n) is 6.67. The minimum absolute atomic E-state index is 0.0813. The van der Waals surface area contributed by atoms with Crippen LogP contribution in [0, 0.1) is 0 Å². The van der Waals surface area contributed by atoms with E-state index < -0.39 is 0 Å². The first-order valence-corrected chi connectivity index (χ1v) is 10.1. The minimum atomic E-state index is -0.350. The second-order valence-corrected chi connectivity index (χ2v) is 7.54. The molecular formula is C20H21N4O3S+. The number of aliphatic imine (C=N–C) groups is 1. The van der Waals surface area contributed by atoms with Gasteiger partial charge in [0.1, 0.15) is 17.9 Å². The third kappa shape index (κ3) is 2.85. The minimum Gasteiger partial charge on any atom is -0.462 e. The highest BCUT2D eigenvalue weighted by molar-refractivity contribution is 7.15. The smallest absolute Gasteiger partial charge is 0.338 e. The maximum atomic E-state index is 12.4. The molecule has 4 rings (SSSR count). The van der Waals surface area contributed by atoms with Gasteiger partial charge in [-0.2, -0.15) is 4.99 Å². The Kier molecular flexibility index (Phi) is 4.60. The van der Waals surface area contributed by atoms with Crippen LogP contribution < -0.4 is 10.0 Å². The maximum absolute atomic E-state index is 12.4. The summed E-state index contributed by atoms with van der Waals surface area (Å²) in [5, 5.41) is 1.85. The molecule has 0 saturated heterocycles. The number of carbonyl (C=O) groups excluding carboxylic acids is 1.